The highest BCUT2D eigenvalue weighted by atomic mass is 35.5. The van der Waals surface area contributed by atoms with E-state index in [4.69, 9.17) is 16.7 Å². The van der Waals surface area contributed by atoms with Crippen LogP contribution in [-0.4, -0.2) is 28.1 Å². The summed E-state index contributed by atoms with van der Waals surface area (Å²) in [5.74, 6) is -0.202. The van der Waals surface area contributed by atoms with Gasteiger partial charge in [0, 0.05) is 23.9 Å². The molecule has 0 aromatic carbocycles. The minimum atomic E-state index is -0.401. The lowest BCUT2D eigenvalue weighted by molar-refractivity contribution is 0.0886. The summed E-state index contributed by atoms with van der Waals surface area (Å²) in [4.78, 5) is 15.8. The maximum atomic E-state index is 12.0. The Morgan fingerprint density at radius 2 is 2.35 bits per heavy atom. The van der Waals surface area contributed by atoms with Crippen LogP contribution in [-0.2, 0) is 0 Å². The molecule has 0 aliphatic heterocycles. The van der Waals surface area contributed by atoms with Gasteiger partial charge in [-0.1, -0.05) is 18.5 Å². The molecule has 1 aromatic heterocycles. The van der Waals surface area contributed by atoms with Gasteiger partial charge in [0.25, 0.3) is 5.91 Å². The first-order valence-electron chi connectivity index (χ1n) is 5.55. The topological polar surface area (TPSA) is 62.2 Å². The van der Waals surface area contributed by atoms with E-state index < -0.39 is 5.54 Å². The number of amides is 1. The van der Waals surface area contributed by atoms with Gasteiger partial charge in [-0.15, -0.1) is 0 Å². The number of rotatable bonds is 5. The largest absolute Gasteiger partial charge is 0.396 e. The molecular weight excluding hydrogens is 240 g/mol. The Labute approximate surface area is 106 Å². The quantitative estimate of drug-likeness (QED) is 0.793. The third kappa shape index (κ3) is 3.98. The molecule has 1 atom stereocenters. The fourth-order valence-electron chi connectivity index (χ4n) is 1.46. The van der Waals surface area contributed by atoms with E-state index in [1.54, 1.807) is 6.07 Å². The molecule has 2 N–H and O–H groups in total. The van der Waals surface area contributed by atoms with Crippen molar-refractivity contribution in [3.8, 4) is 0 Å². The zero-order chi connectivity index (χ0) is 12.9. The van der Waals surface area contributed by atoms with Crippen LogP contribution in [0.2, 0.25) is 5.15 Å². The summed E-state index contributed by atoms with van der Waals surface area (Å²) in [6, 6.07) is 3.13. The number of pyridine rings is 1. The number of carbonyl (C=O) groups excluding carboxylic acids is 1. The molecule has 0 aliphatic rings. The molecule has 0 bridgehead atoms. The molecule has 0 saturated carbocycles. The van der Waals surface area contributed by atoms with E-state index in [0.29, 0.717) is 12.0 Å². The van der Waals surface area contributed by atoms with Crippen LogP contribution in [0.4, 0.5) is 0 Å². The maximum absolute atomic E-state index is 12.0. The highest BCUT2D eigenvalue weighted by molar-refractivity contribution is 6.29. The second-order valence-electron chi connectivity index (χ2n) is 4.21. The van der Waals surface area contributed by atoms with Crippen LogP contribution >= 0.6 is 11.6 Å². The van der Waals surface area contributed by atoms with Gasteiger partial charge in [-0.2, -0.15) is 0 Å². The second kappa shape index (κ2) is 5.98. The van der Waals surface area contributed by atoms with Gasteiger partial charge >= 0.3 is 0 Å². The number of aromatic nitrogens is 1. The van der Waals surface area contributed by atoms with E-state index >= 15 is 0 Å². The molecule has 0 fully saturated rings. The average Bonchev–Trinajstić information content (AvgIpc) is 2.29. The van der Waals surface area contributed by atoms with Gasteiger partial charge in [0.05, 0.1) is 0 Å². The summed E-state index contributed by atoms with van der Waals surface area (Å²) in [5.41, 5.74) is 0.0734. The van der Waals surface area contributed by atoms with Gasteiger partial charge < -0.3 is 10.4 Å². The van der Waals surface area contributed by atoms with Gasteiger partial charge in [-0.25, -0.2) is 4.98 Å². The number of aliphatic hydroxyl groups excluding tert-OH is 1. The SMILES string of the molecule is CCC(C)(CCO)NC(=O)c1ccnc(Cl)c1. The highest BCUT2D eigenvalue weighted by Crippen LogP contribution is 2.15. The van der Waals surface area contributed by atoms with Gasteiger partial charge in [-0.05, 0) is 31.9 Å². The van der Waals surface area contributed by atoms with Crippen molar-refractivity contribution in [3.63, 3.8) is 0 Å². The molecule has 1 aromatic rings. The van der Waals surface area contributed by atoms with Crippen LogP contribution in [0.1, 0.15) is 37.0 Å². The Kier molecular flexibility index (Phi) is 4.90. The number of aliphatic hydroxyl groups is 1. The zero-order valence-electron chi connectivity index (χ0n) is 10.0. The molecule has 17 heavy (non-hydrogen) atoms. The minimum absolute atomic E-state index is 0.0434. The maximum Gasteiger partial charge on any atom is 0.251 e. The van der Waals surface area contributed by atoms with Crippen LogP contribution in [0.15, 0.2) is 18.3 Å². The van der Waals surface area contributed by atoms with E-state index in [-0.39, 0.29) is 17.7 Å². The molecule has 0 saturated heterocycles. The number of nitrogens with one attached hydrogen (secondary N) is 1. The number of halogens is 1. The smallest absolute Gasteiger partial charge is 0.251 e. The number of hydrogen-bond acceptors (Lipinski definition) is 3. The Morgan fingerprint density at radius 3 is 2.88 bits per heavy atom. The lowest BCUT2D eigenvalue weighted by Gasteiger charge is -2.29. The summed E-state index contributed by atoms with van der Waals surface area (Å²) >= 11 is 5.72. The fraction of sp³-hybridized carbons (Fsp3) is 0.500. The van der Waals surface area contributed by atoms with Crippen LogP contribution in [0.3, 0.4) is 0 Å². The summed E-state index contributed by atoms with van der Waals surface area (Å²) < 4.78 is 0. The van der Waals surface area contributed by atoms with Crippen molar-refractivity contribution in [3.05, 3.63) is 29.0 Å². The first-order valence-corrected chi connectivity index (χ1v) is 5.93. The molecular formula is C12H17ClN2O2. The molecule has 5 heteroatoms. The van der Waals surface area contributed by atoms with Crippen LogP contribution in [0.5, 0.6) is 0 Å². The predicted octanol–water partition coefficient (Wildman–Crippen LogP) is 2.02. The number of nitrogens with zero attached hydrogens (tertiary/aromatic N) is 1. The molecule has 94 valence electrons. The van der Waals surface area contributed by atoms with E-state index in [0.717, 1.165) is 6.42 Å². The van der Waals surface area contributed by atoms with Crippen LogP contribution in [0, 0.1) is 0 Å². The lowest BCUT2D eigenvalue weighted by Crippen LogP contribution is -2.46. The van der Waals surface area contributed by atoms with Crippen molar-refractivity contribution in [1.82, 2.24) is 10.3 Å². The Hall–Kier alpha value is -1.13. The molecule has 4 nitrogen and oxygen atoms in total. The standard InChI is InChI=1S/C12H17ClN2O2/c1-3-12(2,5-7-16)15-11(17)9-4-6-14-10(13)8-9/h4,6,8,16H,3,5,7H2,1-2H3,(H,15,17). The molecule has 0 spiro atoms. The molecule has 1 rings (SSSR count). The fourth-order valence-corrected chi connectivity index (χ4v) is 1.64. The van der Waals surface area contributed by atoms with Crippen molar-refractivity contribution in [2.75, 3.05) is 6.61 Å². The molecule has 1 heterocycles. The van der Waals surface area contributed by atoms with Crippen molar-refractivity contribution >= 4 is 17.5 Å². The number of carbonyl (C=O) groups is 1. The summed E-state index contributed by atoms with van der Waals surface area (Å²) in [5, 5.41) is 12.2. The van der Waals surface area contributed by atoms with E-state index in [1.165, 1.54) is 12.3 Å². The zero-order valence-corrected chi connectivity index (χ0v) is 10.8. The summed E-state index contributed by atoms with van der Waals surface area (Å²) in [6.07, 6.45) is 2.76. The summed E-state index contributed by atoms with van der Waals surface area (Å²) in [7, 11) is 0. The third-order valence-electron chi connectivity index (χ3n) is 2.85. The first kappa shape index (κ1) is 13.9. The molecule has 1 unspecified atom stereocenters. The van der Waals surface area contributed by atoms with Crippen molar-refractivity contribution < 1.29 is 9.90 Å². The highest BCUT2D eigenvalue weighted by Gasteiger charge is 2.24. The monoisotopic (exact) mass is 256 g/mol. The second-order valence-corrected chi connectivity index (χ2v) is 4.60. The molecule has 1 amide bonds. The van der Waals surface area contributed by atoms with Gasteiger partial charge in [0.1, 0.15) is 5.15 Å². The van der Waals surface area contributed by atoms with Crippen LogP contribution in [0.25, 0.3) is 0 Å². The van der Waals surface area contributed by atoms with Crippen molar-refractivity contribution in [2.45, 2.75) is 32.2 Å². The van der Waals surface area contributed by atoms with E-state index in [1.807, 2.05) is 13.8 Å². The average molecular weight is 257 g/mol. The van der Waals surface area contributed by atoms with E-state index in [2.05, 4.69) is 10.3 Å². The summed E-state index contributed by atoms with van der Waals surface area (Å²) in [6.45, 7) is 3.92. The predicted molar refractivity (Wildman–Crippen MR) is 67.1 cm³/mol. The molecule has 0 radical (unpaired) electrons. The first-order chi connectivity index (χ1) is 8.00. The Bertz CT molecular complexity index is 398. The molecule has 0 aliphatic carbocycles. The number of hydrogen-bond donors (Lipinski definition) is 2. The Morgan fingerprint density at radius 1 is 1.65 bits per heavy atom. The van der Waals surface area contributed by atoms with Crippen molar-refractivity contribution in [2.24, 2.45) is 0 Å². The third-order valence-corrected chi connectivity index (χ3v) is 3.05. The normalized spacial score (nSPS) is 14.1. The Balaban J connectivity index is 2.77. The minimum Gasteiger partial charge on any atom is -0.396 e. The van der Waals surface area contributed by atoms with Crippen LogP contribution < -0.4 is 5.32 Å². The van der Waals surface area contributed by atoms with E-state index in [9.17, 15) is 4.79 Å². The van der Waals surface area contributed by atoms with Gasteiger partial charge in [0.15, 0.2) is 0 Å². The van der Waals surface area contributed by atoms with Gasteiger partial charge in [-0.3, -0.25) is 4.79 Å². The van der Waals surface area contributed by atoms with Crippen molar-refractivity contribution in [1.29, 1.82) is 0 Å². The lowest BCUT2D eigenvalue weighted by atomic mass is 9.94. The van der Waals surface area contributed by atoms with Gasteiger partial charge in [0.2, 0.25) is 0 Å².